The summed E-state index contributed by atoms with van der Waals surface area (Å²) >= 11 is 3.26. The third-order valence-corrected chi connectivity index (χ3v) is 3.52. The molecule has 0 spiro atoms. The van der Waals surface area contributed by atoms with E-state index in [2.05, 4.69) is 15.9 Å². The number of hydrogen-bond acceptors (Lipinski definition) is 3. The van der Waals surface area contributed by atoms with Gasteiger partial charge in [0.05, 0.1) is 4.92 Å². The van der Waals surface area contributed by atoms with Gasteiger partial charge in [-0.2, -0.15) is 0 Å². The fraction of sp³-hybridized carbons (Fsp3) is 0.143. The zero-order valence-electron chi connectivity index (χ0n) is 10.6. The number of nitrogens with zero attached hydrogens (tertiary/aromatic N) is 1. The molecule has 0 saturated heterocycles. The normalized spacial score (nSPS) is 10.3. The van der Waals surface area contributed by atoms with Gasteiger partial charge < -0.3 is 4.74 Å². The summed E-state index contributed by atoms with van der Waals surface area (Å²) in [5, 5.41) is 10.6. The van der Waals surface area contributed by atoms with E-state index < -0.39 is 4.92 Å². The van der Waals surface area contributed by atoms with E-state index in [1.807, 2.05) is 0 Å². The molecule has 0 aromatic heterocycles. The van der Waals surface area contributed by atoms with Gasteiger partial charge in [0.25, 0.3) is 5.69 Å². The lowest BCUT2D eigenvalue weighted by Crippen LogP contribution is -1.98. The lowest BCUT2D eigenvalue weighted by Gasteiger charge is -2.08. The van der Waals surface area contributed by atoms with Crippen molar-refractivity contribution in [2.24, 2.45) is 0 Å². The van der Waals surface area contributed by atoms with E-state index in [1.54, 1.807) is 25.1 Å². The number of aryl methyl sites for hydroxylation is 1. The molecule has 0 radical (unpaired) electrons. The van der Waals surface area contributed by atoms with Crippen molar-refractivity contribution in [1.82, 2.24) is 0 Å². The fourth-order valence-electron chi connectivity index (χ4n) is 1.59. The average Bonchev–Trinajstić information content (AvgIpc) is 2.41. The molecule has 0 heterocycles. The van der Waals surface area contributed by atoms with Crippen LogP contribution in [0.2, 0.25) is 0 Å². The van der Waals surface area contributed by atoms with Gasteiger partial charge in [-0.3, -0.25) is 10.1 Å². The first kappa shape index (κ1) is 14.5. The van der Waals surface area contributed by atoms with E-state index in [9.17, 15) is 14.5 Å². The molecule has 0 amide bonds. The van der Waals surface area contributed by atoms with Crippen molar-refractivity contribution in [3.63, 3.8) is 0 Å². The van der Waals surface area contributed by atoms with Crippen molar-refractivity contribution in [1.29, 1.82) is 0 Å². The first-order valence-electron chi connectivity index (χ1n) is 5.79. The van der Waals surface area contributed by atoms with Crippen LogP contribution in [0.25, 0.3) is 0 Å². The van der Waals surface area contributed by atoms with Gasteiger partial charge in [-0.1, -0.05) is 22.0 Å². The number of ether oxygens (including phenoxy) is 1. The lowest BCUT2D eigenvalue weighted by atomic mass is 10.2. The first-order chi connectivity index (χ1) is 9.47. The van der Waals surface area contributed by atoms with E-state index in [1.165, 1.54) is 18.2 Å². The minimum absolute atomic E-state index is 0.00186. The largest absolute Gasteiger partial charge is 0.489 e. The van der Waals surface area contributed by atoms with Crippen molar-refractivity contribution in [2.45, 2.75) is 13.5 Å². The minimum atomic E-state index is -0.468. The molecule has 2 aromatic carbocycles. The van der Waals surface area contributed by atoms with Crippen molar-refractivity contribution < 1.29 is 14.1 Å². The van der Waals surface area contributed by atoms with Gasteiger partial charge in [-0.15, -0.1) is 0 Å². The number of halogens is 2. The smallest absolute Gasteiger partial charge is 0.270 e. The predicted octanol–water partition coefficient (Wildman–Crippen LogP) is 4.38. The monoisotopic (exact) mass is 339 g/mol. The van der Waals surface area contributed by atoms with Crippen LogP contribution in [-0.4, -0.2) is 4.92 Å². The molecule has 0 fully saturated rings. The average molecular weight is 340 g/mol. The predicted molar refractivity (Wildman–Crippen MR) is 76.3 cm³/mol. The van der Waals surface area contributed by atoms with E-state index >= 15 is 0 Å². The summed E-state index contributed by atoms with van der Waals surface area (Å²) in [6, 6.07) is 9.04. The van der Waals surface area contributed by atoms with Gasteiger partial charge in [-0.25, -0.2) is 4.39 Å². The molecule has 20 heavy (non-hydrogen) atoms. The molecule has 0 saturated carbocycles. The van der Waals surface area contributed by atoms with E-state index in [4.69, 9.17) is 4.74 Å². The molecule has 2 rings (SSSR count). The van der Waals surface area contributed by atoms with E-state index in [0.717, 1.165) is 5.56 Å². The van der Waals surface area contributed by atoms with Crippen LogP contribution < -0.4 is 4.74 Å². The Morgan fingerprint density at radius 1 is 1.30 bits per heavy atom. The number of non-ortho nitro benzene ring substituents is 1. The summed E-state index contributed by atoms with van der Waals surface area (Å²) in [6.45, 7) is 1.87. The third kappa shape index (κ3) is 3.33. The Morgan fingerprint density at radius 3 is 2.65 bits per heavy atom. The molecule has 4 nitrogen and oxygen atoms in total. The minimum Gasteiger partial charge on any atom is -0.489 e. The van der Waals surface area contributed by atoms with Crippen molar-refractivity contribution in [3.05, 3.63) is 67.9 Å². The highest BCUT2D eigenvalue weighted by Gasteiger charge is 2.09. The molecule has 0 N–H and O–H groups in total. The van der Waals surface area contributed by atoms with Crippen molar-refractivity contribution in [2.75, 3.05) is 0 Å². The molecule has 2 aromatic rings. The number of rotatable bonds is 4. The summed E-state index contributed by atoms with van der Waals surface area (Å²) in [5.41, 5.74) is 1.30. The molecule has 6 heteroatoms. The van der Waals surface area contributed by atoms with Crippen LogP contribution in [-0.2, 0) is 6.61 Å². The first-order valence-corrected chi connectivity index (χ1v) is 6.58. The Balaban J connectivity index is 2.10. The Hall–Kier alpha value is -1.95. The molecular formula is C14H11BrFNO3. The topological polar surface area (TPSA) is 52.4 Å². The van der Waals surface area contributed by atoms with Gasteiger partial charge in [0.2, 0.25) is 0 Å². The molecule has 0 atom stereocenters. The lowest BCUT2D eigenvalue weighted by molar-refractivity contribution is -0.384. The molecule has 0 bridgehead atoms. The Kier molecular flexibility index (Phi) is 4.34. The maximum Gasteiger partial charge on any atom is 0.270 e. The zero-order chi connectivity index (χ0) is 14.7. The number of nitro groups is 1. The van der Waals surface area contributed by atoms with Crippen LogP contribution in [0.3, 0.4) is 0 Å². The van der Waals surface area contributed by atoms with Gasteiger partial charge in [0, 0.05) is 28.2 Å². The van der Waals surface area contributed by atoms with Gasteiger partial charge in [-0.05, 0) is 24.6 Å². The van der Waals surface area contributed by atoms with Gasteiger partial charge in [0.15, 0.2) is 0 Å². The second-order valence-corrected chi connectivity index (χ2v) is 5.09. The van der Waals surface area contributed by atoms with E-state index in [-0.39, 0.29) is 18.1 Å². The second kappa shape index (κ2) is 6.00. The maximum atomic E-state index is 13.4. The highest BCUT2D eigenvalue weighted by Crippen LogP contribution is 2.25. The van der Waals surface area contributed by atoms with Crippen LogP contribution >= 0.6 is 15.9 Å². The second-order valence-electron chi connectivity index (χ2n) is 4.23. The molecule has 0 unspecified atom stereocenters. The van der Waals surface area contributed by atoms with Crippen LogP contribution in [0.5, 0.6) is 5.75 Å². The van der Waals surface area contributed by atoms with Crippen LogP contribution in [0.15, 0.2) is 40.9 Å². The number of hydrogen-bond donors (Lipinski definition) is 0. The number of benzene rings is 2. The summed E-state index contributed by atoms with van der Waals surface area (Å²) in [5.74, 6) is 0.0867. The van der Waals surface area contributed by atoms with Gasteiger partial charge >= 0.3 is 0 Å². The summed E-state index contributed by atoms with van der Waals surface area (Å²) in [4.78, 5) is 10.2. The zero-order valence-corrected chi connectivity index (χ0v) is 12.2. The van der Waals surface area contributed by atoms with E-state index in [0.29, 0.717) is 15.8 Å². The standard InChI is InChI=1S/C14H11BrFNO3/c1-9-2-5-12(7-14(9)16)20-8-10-3-4-11(17(18)19)6-13(10)15/h2-7H,8H2,1H3. The molecule has 104 valence electrons. The Morgan fingerprint density at radius 2 is 2.05 bits per heavy atom. The number of nitro benzene ring substituents is 1. The fourth-order valence-corrected chi connectivity index (χ4v) is 2.07. The third-order valence-electron chi connectivity index (χ3n) is 2.79. The quantitative estimate of drug-likeness (QED) is 0.613. The highest BCUT2D eigenvalue weighted by atomic mass is 79.9. The summed E-state index contributed by atoms with van der Waals surface area (Å²) in [7, 11) is 0. The molecule has 0 aliphatic heterocycles. The Labute approximate surface area is 123 Å². The molecule has 0 aliphatic rings. The maximum absolute atomic E-state index is 13.4. The summed E-state index contributed by atoms with van der Waals surface area (Å²) in [6.07, 6.45) is 0. The van der Waals surface area contributed by atoms with Crippen LogP contribution in [0, 0.1) is 22.9 Å². The molecular weight excluding hydrogens is 329 g/mol. The Bertz CT molecular complexity index is 661. The van der Waals surface area contributed by atoms with Crippen LogP contribution in [0.4, 0.5) is 10.1 Å². The van der Waals surface area contributed by atoms with Crippen LogP contribution in [0.1, 0.15) is 11.1 Å². The van der Waals surface area contributed by atoms with Gasteiger partial charge in [0.1, 0.15) is 18.2 Å². The highest BCUT2D eigenvalue weighted by molar-refractivity contribution is 9.10. The SMILES string of the molecule is Cc1ccc(OCc2ccc([N+](=O)[O-])cc2Br)cc1F. The van der Waals surface area contributed by atoms with Crippen molar-refractivity contribution in [3.8, 4) is 5.75 Å². The van der Waals surface area contributed by atoms with Crippen molar-refractivity contribution >= 4 is 21.6 Å². The summed E-state index contributed by atoms with van der Waals surface area (Å²) < 4.78 is 19.4. The molecule has 0 aliphatic carbocycles.